The fourth-order valence-electron chi connectivity index (χ4n) is 1.91. The van der Waals surface area contributed by atoms with Crippen molar-refractivity contribution in [3.05, 3.63) is 38.9 Å². The summed E-state index contributed by atoms with van der Waals surface area (Å²) in [7, 11) is 0. The summed E-state index contributed by atoms with van der Waals surface area (Å²) < 4.78 is 5.10. The number of unbranched alkanes of at least 4 members (excludes halogenated alkanes) is 5. The molecule has 0 fully saturated rings. The van der Waals surface area contributed by atoms with Crippen LogP contribution in [0, 0.1) is 10.1 Å². The monoisotopic (exact) mass is 313 g/mol. The molecule has 0 aliphatic carbocycles. The SMILES string of the molecule is CCCCCCCCOC(=O)c1ccc(Cl)c([N+](=O)[O-])c1. The molecule has 0 saturated heterocycles. The Morgan fingerprint density at radius 1 is 1.24 bits per heavy atom. The van der Waals surface area contributed by atoms with Crippen molar-refractivity contribution in [2.24, 2.45) is 0 Å². The van der Waals surface area contributed by atoms with Crippen LogP contribution in [0.3, 0.4) is 0 Å². The Labute approximate surface area is 129 Å². The van der Waals surface area contributed by atoms with Gasteiger partial charge in [0.25, 0.3) is 5.69 Å². The number of nitro groups is 1. The van der Waals surface area contributed by atoms with Crippen molar-refractivity contribution in [3.8, 4) is 0 Å². The van der Waals surface area contributed by atoms with Crippen molar-refractivity contribution in [1.82, 2.24) is 0 Å². The molecule has 0 unspecified atom stereocenters. The quantitative estimate of drug-likeness (QED) is 0.285. The number of halogens is 1. The number of hydrogen-bond acceptors (Lipinski definition) is 4. The Kier molecular flexibility index (Phi) is 7.75. The highest BCUT2D eigenvalue weighted by Gasteiger charge is 2.16. The number of nitrogens with zero attached hydrogens (tertiary/aromatic N) is 1. The maximum absolute atomic E-state index is 11.8. The summed E-state index contributed by atoms with van der Waals surface area (Å²) in [5.74, 6) is -0.552. The third-order valence-electron chi connectivity index (χ3n) is 3.11. The van der Waals surface area contributed by atoms with E-state index < -0.39 is 10.9 Å². The molecular formula is C15H20ClNO4. The van der Waals surface area contributed by atoms with Crippen molar-refractivity contribution in [2.45, 2.75) is 45.4 Å². The summed E-state index contributed by atoms with van der Waals surface area (Å²) in [6, 6.07) is 3.91. The van der Waals surface area contributed by atoms with E-state index >= 15 is 0 Å². The minimum absolute atomic E-state index is 0.00692. The van der Waals surface area contributed by atoms with Gasteiger partial charge in [-0.1, -0.05) is 50.6 Å². The number of rotatable bonds is 9. The highest BCUT2D eigenvalue weighted by atomic mass is 35.5. The van der Waals surface area contributed by atoms with E-state index in [4.69, 9.17) is 16.3 Å². The number of esters is 1. The Bertz CT molecular complexity index is 491. The smallest absolute Gasteiger partial charge is 0.338 e. The van der Waals surface area contributed by atoms with Crippen molar-refractivity contribution in [2.75, 3.05) is 6.61 Å². The van der Waals surface area contributed by atoms with Gasteiger partial charge in [-0.25, -0.2) is 4.79 Å². The van der Waals surface area contributed by atoms with Crippen LogP contribution in [0.2, 0.25) is 5.02 Å². The van der Waals surface area contributed by atoms with Gasteiger partial charge in [0.2, 0.25) is 0 Å². The zero-order valence-electron chi connectivity index (χ0n) is 12.1. The van der Waals surface area contributed by atoms with Gasteiger partial charge in [0.1, 0.15) is 5.02 Å². The van der Waals surface area contributed by atoms with Gasteiger partial charge in [0.15, 0.2) is 0 Å². The lowest BCUT2D eigenvalue weighted by Gasteiger charge is -2.05. The predicted octanol–water partition coefficient (Wildman–Crippen LogP) is 4.77. The van der Waals surface area contributed by atoms with Gasteiger partial charge in [0.05, 0.1) is 17.1 Å². The van der Waals surface area contributed by atoms with E-state index in [2.05, 4.69) is 6.92 Å². The molecule has 0 amide bonds. The number of benzene rings is 1. The molecule has 0 atom stereocenters. The molecule has 0 aliphatic rings. The molecule has 0 aromatic heterocycles. The van der Waals surface area contributed by atoms with Crippen molar-refractivity contribution < 1.29 is 14.5 Å². The average molecular weight is 314 g/mol. The Morgan fingerprint density at radius 3 is 2.57 bits per heavy atom. The Hall–Kier alpha value is -1.62. The number of ether oxygens (including phenoxy) is 1. The van der Waals surface area contributed by atoms with E-state index in [1.807, 2.05) is 0 Å². The van der Waals surface area contributed by atoms with Crippen molar-refractivity contribution in [1.29, 1.82) is 0 Å². The second-order valence-electron chi connectivity index (χ2n) is 4.83. The van der Waals surface area contributed by atoms with E-state index in [1.165, 1.54) is 31.4 Å². The Morgan fingerprint density at radius 2 is 1.90 bits per heavy atom. The van der Waals surface area contributed by atoms with Crippen LogP contribution in [0.4, 0.5) is 5.69 Å². The molecular weight excluding hydrogens is 294 g/mol. The van der Waals surface area contributed by atoms with Crippen molar-refractivity contribution in [3.63, 3.8) is 0 Å². The predicted molar refractivity (Wildman–Crippen MR) is 81.8 cm³/mol. The van der Waals surface area contributed by atoms with Gasteiger partial charge in [-0.2, -0.15) is 0 Å². The number of carbonyl (C=O) groups excluding carboxylic acids is 1. The van der Waals surface area contributed by atoms with Gasteiger partial charge < -0.3 is 4.74 Å². The average Bonchev–Trinajstić information content (AvgIpc) is 2.46. The first-order valence-corrected chi connectivity index (χ1v) is 7.55. The van der Waals surface area contributed by atoms with E-state index in [9.17, 15) is 14.9 Å². The number of hydrogen-bond donors (Lipinski definition) is 0. The minimum atomic E-state index is -0.618. The summed E-state index contributed by atoms with van der Waals surface area (Å²) in [5, 5.41) is 10.8. The van der Waals surface area contributed by atoms with Crippen LogP contribution < -0.4 is 0 Å². The lowest BCUT2D eigenvalue weighted by molar-refractivity contribution is -0.384. The van der Waals surface area contributed by atoms with E-state index in [-0.39, 0.29) is 16.3 Å². The molecule has 5 nitrogen and oxygen atoms in total. The summed E-state index contributed by atoms with van der Waals surface area (Å²) in [6.45, 7) is 2.49. The molecule has 116 valence electrons. The largest absolute Gasteiger partial charge is 0.462 e. The Balaban J connectivity index is 2.39. The molecule has 0 heterocycles. The topological polar surface area (TPSA) is 69.4 Å². The van der Waals surface area contributed by atoms with Crippen LogP contribution in [0.5, 0.6) is 0 Å². The molecule has 0 N–H and O–H groups in total. The molecule has 0 saturated carbocycles. The molecule has 0 bridgehead atoms. The zero-order chi connectivity index (χ0) is 15.7. The van der Waals surface area contributed by atoms with Crippen LogP contribution in [0.1, 0.15) is 55.8 Å². The maximum Gasteiger partial charge on any atom is 0.338 e. The first-order valence-electron chi connectivity index (χ1n) is 7.17. The van der Waals surface area contributed by atoms with Crippen molar-refractivity contribution >= 4 is 23.3 Å². The lowest BCUT2D eigenvalue weighted by atomic mass is 10.1. The molecule has 0 radical (unpaired) electrons. The van der Waals surface area contributed by atoms with Gasteiger partial charge in [-0.05, 0) is 18.6 Å². The summed E-state index contributed by atoms with van der Waals surface area (Å²) in [4.78, 5) is 21.9. The van der Waals surface area contributed by atoms with Gasteiger partial charge >= 0.3 is 5.97 Å². The van der Waals surface area contributed by atoms with Crippen LogP contribution in [-0.4, -0.2) is 17.5 Å². The third kappa shape index (κ3) is 6.12. The summed E-state index contributed by atoms with van der Waals surface area (Å²) in [6.07, 6.45) is 6.60. The lowest BCUT2D eigenvalue weighted by Crippen LogP contribution is -2.07. The fourth-order valence-corrected chi connectivity index (χ4v) is 2.10. The van der Waals surface area contributed by atoms with Gasteiger partial charge in [-0.15, -0.1) is 0 Å². The molecule has 1 aromatic rings. The van der Waals surface area contributed by atoms with Crippen LogP contribution in [-0.2, 0) is 4.74 Å². The fraction of sp³-hybridized carbons (Fsp3) is 0.533. The van der Waals surface area contributed by atoms with Crippen LogP contribution >= 0.6 is 11.6 Å². The second-order valence-corrected chi connectivity index (χ2v) is 5.23. The molecule has 1 rings (SSSR count). The van der Waals surface area contributed by atoms with Crippen LogP contribution in [0.15, 0.2) is 18.2 Å². The second kappa shape index (κ2) is 9.34. The van der Waals surface area contributed by atoms with Crippen LogP contribution in [0.25, 0.3) is 0 Å². The highest BCUT2D eigenvalue weighted by Crippen LogP contribution is 2.25. The number of carbonyl (C=O) groups is 1. The summed E-state index contributed by atoms with van der Waals surface area (Å²) >= 11 is 5.69. The third-order valence-corrected chi connectivity index (χ3v) is 3.43. The number of nitro benzene ring substituents is 1. The summed E-state index contributed by atoms with van der Waals surface area (Å²) in [5.41, 5.74) is -0.136. The first kappa shape index (κ1) is 17.4. The molecule has 0 aliphatic heterocycles. The molecule has 1 aromatic carbocycles. The van der Waals surface area contributed by atoms with E-state index in [0.717, 1.165) is 25.3 Å². The normalized spacial score (nSPS) is 10.4. The zero-order valence-corrected chi connectivity index (χ0v) is 12.9. The van der Waals surface area contributed by atoms with E-state index in [0.29, 0.717) is 6.61 Å². The first-order chi connectivity index (χ1) is 10.1. The van der Waals surface area contributed by atoms with E-state index in [1.54, 1.807) is 0 Å². The highest BCUT2D eigenvalue weighted by molar-refractivity contribution is 6.32. The van der Waals surface area contributed by atoms with Gasteiger partial charge in [0, 0.05) is 6.07 Å². The van der Waals surface area contributed by atoms with Gasteiger partial charge in [-0.3, -0.25) is 10.1 Å². The maximum atomic E-state index is 11.8. The molecule has 21 heavy (non-hydrogen) atoms. The molecule has 6 heteroatoms. The molecule has 0 spiro atoms. The minimum Gasteiger partial charge on any atom is -0.462 e. The standard InChI is InChI=1S/C15H20ClNO4/c1-2-3-4-5-6-7-10-21-15(18)12-8-9-13(16)14(11-12)17(19)20/h8-9,11H,2-7,10H2,1H3.